The fourth-order valence-corrected chi connectivity index (χ4v) is 1.28. The number of benzene rings is 1. The van der Waals surface area contributed by atoms with Gasteiger partial charge in [-0.2, -0.15) is 8.78 Å². The van der Waals surface area contributed by atoms with Crippen molar-refractivity contribution >= 4 is 11.7 Å². The van der Waals surface area contributed by atoms with E-state index >= 15 is 0 Å². The second kappa shape index (κ2) is 6.68. The molecule has 98 valence electrons. The molecular weight excluding hydrogens is 244 g/mol. The van der Waals surface area contributed by atoms with Gasteiger partial charge in [-0.05, 0) is 24.6 Å². The van der Waals surface area contributed by atoms with E-state index in [1.165, 1.54) is 19.1 Å². The lowest BCUT2D eigenvalue weighted by atomic mass is 10.2. The average molecular weight is 257 g/mol. The molecule has 6 heteroatoms. The highest BCUT2D eigenvalue weighted by molar-refractivity contribution is 5.96. The van der Waals surface area contributed by atoms with Crippen LogP contribution < -0.4 is 10.1 Å². The number of hydrogen-bond acceptors (Lipinski definition) is 3. The van der Waals surface area contributed by atoms with Crippen LogP contribution in [0.2, 0.25) is 0 Å². The predicted octanol–water partition coefficient (Wildman–Crippen LogP) is 1.88. The summed E-state index contributed by atoms with van der Waals surface area (Å²) < 4.78 is 28.0. The zero-order valence-corrected chi connectivity index (χ0v) is 9.78. The van der Waals surface area contributed by atoms with E-state index in [1.54, 1.807) is 12.1 Å². The lowest BCUT2D eigenvalue weighted by Gasteiger charge is -2.06. The third kappa shape index (κ3) is 5.38. The standard InChI is InChI=1S/C12H13F2NO3/c1-8(16)6-11(17)15-7-9-2-4-10(5-3-9)18-12(13)14/h2-5,12H,6-7H2,1H3,(H,15,17). The maximum Gasteiger partial charge on any atom is 0.387 e. The quantitative estimate of drug-likeness (QED) is 0.792. The number of carbonyl (C=O) groups excluding carboxylic acids is 2. The summed E-state index contributed by atoms with van der Waals surface area (Å²) >= 11 is 0. The number of alkyl halides is 2. The second-order valence-electron chi connectivity index (χ2n) is 3.68. The minimum Gasteiger partial charge on any atom is -0.435 e. The van der Waals surface area contributed by atoms with E-state index < -0.39 is 6.61 Å². The molecule has 0 saturated heterocycles. The molecule has 0 unspecified atom stereocenters. The molecule has 0 bridgehead atoms. The third-order valence-corrected chi connectivity index (χ3v) is 2.05. The first-order chi connectivity index (χ1) is 8.47. The zero-order chi connectivity index (χ0) is 13.5. The molecule has 0 radical (unpaired) electrons. The van der Waals surface area contributed by atoms with E-state index in [9.17, 15) is 18.4 Å². The van der Waals surface area contributed by atoms with Crippen LogP contribution in [-0.2, 0) is 16.1 Å². The van der Waals surface area contributed by atoms with Gasteiger partial charge in [-0.15, -0.1) is 0 Å². The predicted molar refractivity (Wildman–Crippen MR) is 60.2 cm³/mol. The minimum atomic E-state index is -2.86. The molecule has 0 aliphatic rings. The fraction of sp³-hybridized carbons (Fsp3) is 0.333. The van der Waals surface area contributed by atoms with Crippen molar-refractivity contribution in [2.24, 2.45) is 0 Å². The molecule has 0 atom stereocenters. The van der Waals surface area contributed by atoms with Gasteiger partial charge < -0.3 is 10.1 Å². The summed E-state index contributed by atoms with van der Waals surface area (Å²) in [4.78, 5) is 21.8. The van der Waals surface area contributed by atoms with Gasteiger partial charge in [0.25, 0.3) is 0 Å². The van der Waals surface area contributed by atoms with Crippen LogP contribution in [0.4, 0.5) is 8.78 Å². The summed E-state index contributed by atoms with van der Waals surface area (Å²) in [5.74, 6) is -0.521. The second-order valence-corrected chi connectivity index (χ2v) is 3.68. The molecule has 1 aromatic carbocycles. The number of hydrogen-bond donors (Lipinski definition) is 1. The molecule has 0 aliphatic carbocycles. The van der Waals surface area contributed by atoms with Crippen LogP contribution in [0.3, 0.4) is 0 Å². The maximum absolute atomic E-state index is 11.9. The summed E-state index contributed by atoms with van der Waals surface area (Å²) in [6, 6.07) is 5.90. The third-order valence-electron chi connectivity index (χ3n) is 2.05. The van der Waals surface area contributed by atoms with Gasteiger partial charge in [-0.3, -0.25) is 9.59 Å². The normalized spacial score (nSPS) is 10.2. The molecule has 1 N–H and O–H groups in total. The molecule has 1 amide bonds. The minimum absolute atomic E-state index is 0.0591. The molecule has 1 rings (SSSR count). The van der Waals surface area contributed by atoms with Crippen LogP contribution in [0.1, 0.15) is 18.9 Å². The molecule has 1 aromatic rings. The van der Waals surface area contributed by atoms with Gasteiger partial charge in [-0.25, -0.2) is 0 Å². The van der Waals surface area contributed by atoms with E-state index in [2.05, 4.69) is 10.1 Å². The van der Waals surface area contributed by atoms with E-state index in [-0.39, 0.29) is 30.4 Å². The topological polar surface area (TPSA) is 55.4 Å². The first-order valence-corrected chi connectivity index (χ1v) is 5.27. The molecule has 0 saturated carbocycles. The lowest BCUT2D eigenvalue weighted by molar-refractivity contribution is -0.127. The van der Waals surface area contributed by atoms with E-state index in [0.717, 1.165) is 5.56 Å². The van der Waals surface area contributed by atoms with Gasteiger partial charge in [-0.1, -0.05) is 12.1 Å². The van der Waals surface area contributed by atoms with Crippen LogP contribution in [0, 0.1) is 0 Å². The monoisotopic (exact) mass is 257 g/mol. The summed E-state index contributed by atoms with van der Waals surface area (Å²) in [5, 5.41) is 2.54. The van der Waals surface area contributed by atoms with Crippen molar-refractivity contribution in [3.05, 3.63) is 29.8 Å². The van der Waals surface area contributed by atoms with Gasteiger partial charge in [0, 0.05) is 6.54 Å². The summed E-state index contributed by atoms with van der Waals surface area (Å²) in [7, 11) is 0. The Morgan fingerprint density at radius 2 is 1.89 bits per heavy atom. The molecule has 0 spiro atoms. The molecular formula is C12H13F2NO3. The highest BCUT2D eigenvalue weighted by Gasteiger charge is 2.06. The van der Waals surface area contributed by atoms with Crippen LogP contribution in [-0.4, -0.2) is 18.3 Å². The van der Waals surface area contributed by atoms with E-state index in [0.29, 0.717) is 0 Å². The summed E-state index contributed by atoms with van der Waals surface area (Å²) in [6.45, 7) is -1.29. The van der Waals surface area contributed by atoms with Crippen LogP contribution >= 0.6 is 0 Å². The Morgan fingerprint density at radius 1 is 1.28 bits per heavy atom. The zero-order valence-electron chi connectivity index (χ0n) is 9.78. The van der Waals surface area contributed by atoms with Gasteiger partial charge in [0.2, 0.25) is 5.91 Å². The first kappa shape index (κ1) is 14.1. The Kier molecular flexibility index (Phi) is 5.23. The summed E-state index contributed by atoms with van der Waals surface area (Å²) in [6.07, 6.45) is -0.160. The van der Waals surface area contributed by atoms with Crippen molar-refractivity contribution in [3.63, 3.8) is 0 Å². The van der Waals surface area contributed by atoms with Crippen LogP contribution in [0.5, 0.6) is 5.75 Å². The Balaban J connectivity index is 2.44. The lowest BCUT2D eigenvalue weighted by Crippen LogP contribution is -2.24. The Labute approximate surface area is 103 Å². The van der Waals surface area contributed by atoms with Crippen LogP contribution in [0.25, 0.3) is 0 Å². The highest BCUT2D eigenvalue weighted by atomic mass is 19.3. The molecule has 0 aromatic heterocycles. The van der Waals surface area contributed by atoms with Crippen molar-refractivity contribution < 1.29 is 23.1 Å². The SMILES string of the molecule is CC(=O)CC(=O)NCc1ccc(OC(F)F)cc1. The smallest absolute Gasteiger partial charge is 0.387 e. The number of Topliss-reactive ketones (excluding diaryl/α,β-unsaturated/α-hetero) is 1. The number of carbonyl (C=O) groups is 2. The Bertz CT molecular complexity index is 418. The number of ether oxygens (including phenoxy) is 1. The number of ketones is 1. The van der Waals surface area contributed by atoms with Crippen molar-refractivity contribution in [2.75, 3.05) is 0 Å². The Hall–Kier alpha value is -1.98. The Morgan fingerprint density at radius 3 is 2.39 bits per heavy atom. The number of nitrogens with one attached hydrogen (secondary N) is 1. The number of rotatable bonds is 6. The van der Waals surface area contributed by atoms with E-state index in [4.69, 9.17) is 0 Å². The van der Waals surface area contributed by atoms with Gasteiger partial charge >= 0.3 is 6.61 Å². The average Bonchev–Trinajstić information content (AvgIpc) is 2.26. The van der Waals surface area contributed by atoms with Crippen molar-refractivity contribution in [1.29, 1.82) is 0 Å². The molecule has 0 aliphatic heterocycles. The first-order valence-electron chi connectivity index (χ1n) is 5.27. The van der Waals surface area contributed by atoms with Gasteiger partial charge in [0.05, 0.1) is 6.42 Å². The van der Waals surface area contributed by atoms with Gasteiger partial charge in [0.15, 0.2) is 0 Å². The molecule has 0 fully saturated rings. The number of halogens is 2. The largest absolute Gasteiger partial charge is 0.435 e. The molecule has 0 heterocycles. The van der Waals surface area contributed by atoms with Crippen molar-refractivity contribution in [2.45, 2.75) is 26.5 Å². The number of amides is 1. The summed E-state index contributed by atoms with van der Waals surface area (Å²) in [5.41, 5.74) is 0.730. The maximum atomic E-state index is 11.9. The highest BCUT2D eigenvalue weighted by Crippen LogP contribution is 2.14. The fourth-order valence-electron chi connectivity index (χ4n) is 1.28. The molecule has 4 nitrogen and oxygen atoms in total. The van der Waals surface area contributed by atoms with Crippen molar-refractivity contribution in [1.82, 2.24) is 5.32 Å². The van der Waals surface area contributed by atoms with Crippen LogP contribution in [0.15, 0.2) is 24.3 Å². The van der Waals surface area contributed by atoms with Crippen molar-refractivity contribution in [3.8, 4) is 5.75 Å². The van der Waals surface area contributed by atoms with Gasteiger partial charge in [0.1, 0.15) is 11.5 Å². The molecule has 18 heavy (non-hydrogen) atoms. The van der Waals surface area contributed by atoms with E-state index in [1.807, 2.05) is 0 Å².